The van der Waals surface area contributed by atoms with Crippen molar-refractivity contribution in [2.75, 3.05) is 0 Å². The van der Waals surface area contributed by atoms with Crippen LogP contribution in [0.25, 0.3) is 0 Å². The van der Waals surface area contributed by atoms with E-state index in [1.165, 1.54) is 9.13 Å². The molecule has 0 aliphatic carbocycles. The number of aryl methyl sites for hydroxylation is 1. The van der Waals surface area contributed by atoms with Gasteiger partial charge in [0.05, 0.1) is 0 Å². The van der Waals surface area contributed by atoms with Crippen LogP contribution in [0.15, 0.2) is 11.0 Å². The van der Waals surface area contributed by atoms with Crippen LogP contribution in [0, 0.1) is 0 Å². The van der Waals surface area contributed by atoms with Crippen molar-refractivity contribution < 1.29 is 4.79 Å². The zero-order chi connectivity index (χ0) is 8.43. The van der Waals surface area contributed by atoms with Crippen molar-refractivity contribution in [3.05, 3.63) is 22.4 Å². The highest BCUT2D eigenvalue weighted by Crippen LogP contribution is 1.92. The first-order chi connectivity index (χ1) is 5.16. The van der Waals surface area contributed by atoms with Crippen LogP contribution in [-0.4, -0.2) is 15.4 Å². The molecule has 1 rings (SSSR count). The zero-order valence-corrected chi connectivity index (χ0v) is 6.57. The second kappa shape index (κ2) is 2.74. The number of carbonyl (C=O) groups is 1. The highest BCUT2D eigenvalue weighted by molar-refractivity contribution is 5.53. The zero-order valence-electron chi connectivity index (χ0n) is 6.57. The SMILES string of the molecule is Cn1cc(CC=O)n(C)c1=O. The Morgan fingerprint density at radius 1 is 1.55 bits per heavy atom. The van der Waals surface area contributed by atoms with Crippen molar-refractivity contribution in [2.24, 2.45) is 14.1 Å². The Labute approximate surface area is 64.1 Å². The molecule has 0 aromatic carbocycles. The summed E-state index contributed by atoms with van der Waals surface area (Å²) in [7, 11) is 3.32. The lowest BCUT2D eigenvalue weighted by atomic mass is 10.3. The van der Waals surface area contributed by atoms with E-state index in [0.29, 0.717) is 6.42 Å². The van der Waals surface area contributed by atoms with Crippen molar-refractivity contribution in [2.45, 2.75) is 6.42 Å². The van der Waals surface area contributed by atoms with Crippen LogP contribution in [-0.2, 0) is 25.3 Å². The summed E-state index contributed by atoms with van der Waals surface area (Å²) in [6.07, 6.45) is 2.75. The molecule has 0 saturated heterocycles. The van der Waals surface area contributed by atoms with Crippen molar-refractivity contribution in [1.82, 2.24) is 9.13 Å². The van der Waals surface area contributed by atoms with Gasteiger partial charge in [-0.1, -0.05) is 0 Å². The second-order valence-corrected chi connectivity index (χ2v) is 2.44. The van der Waals surface area contributed by atoms with Crippen molar-refractivity contribution in [3.8, 4) is 0 Å². The summed E-state index contributed by atoms with van der Waals surface area (Å²) in [5.74, 6) is 0. The van der Waals surface area contributed by atoms with Gasteiger partial charge in [0.2, 0.25) is 0 Å². The average Bonchev–Trinajstić information content (AvgIpc) is 2.19. The lowest BCUT2D eigenvalue weighted by molar-refractivity contribution is -0.107. The third kappa shape index (κ3) is 1.24. The van der Waals surface area contributed by atoms with Crippen molar-refractivity contribution in [3.63, 3.8) is 0 Å². The van der Waals surface area contributed by atoms with Gasteiger partial charge in [-0.15, -0.1) is 0 Å². The summed E-state index contributed by atoms with van der Waals surface area (Å²) in [6.45, 7) is 0. The van der Waals surface area contributed by atoms with Gasteiger partial charge >= 0.3 is 5.69 Å². The van der Waals surface area contributed by atoms with Gasteiger partial charge in [-0.3, -0.25) is 4.57 Å². The van der Waals surface area contributed by atoms with Gasteiger partial charge in [-0.25, -0.2) is 4.79 Å². The maximum Gasteiger partial charge on any atom is 0.327 e. The van der Waals surface area contributed by atoms with Crippen LogP contribution < -0.4 is 5.69 Å². The Balaban J connectivity index is 3.18. The Morgan fingerprint density at radius 2 is 2.18 bits per heavy atom. The van der Waals surface area contributed by atoms with E-state index >= 15 is 0 Å². The lowest BCUT2D eigenvalue weighted by Gasteiger charge is -1.91. The molecule has 11 heavy (non-hydrogen) atoms. The molecule has 4 nitrogen and oxygen atoms in total. The number of rotatable bonds is 2. The molecule has 0 bridgehead atoms. The van der Waals surface area contributed by atoms with Crippen LogP contribution in [0.5, 0.6) is 0 Å². The van der Waals surface area contributed by atoms with Gasteiger partial charge in [0, 0.05) is 32.4 Å². The quantitative estimate of drug-likeness (QED) is 0.537. The van der Waals surface area contributed by atoms with E-state index in [1.807, 2.05) is 0 Å². The molecule has 0 aliphatic rings. The Bertz CT molecular complexity index is 322. The fourth-order valence-electron chi connectivity index (χ4n) is 1.000. The van der Waals surface area contributed by atoms with E-state index in [0.717, 1.165) is 12.0 Å². The normalized spacial score (nSPS) is 10.0. The van der Waals surface area contributed by atoms with Crippen LogP contribution in [0.2, 0.25) is 0 Å². The fraction of sp³-hybridized carbons (Fsp3) is 0.429. The highest BCUT2D eigenvalue weighted by atomic mass is 16.1. The van der Waals surface area contributed by atoms with E-state index in [2.05, 4.69) is 0 Å². The van der Waals surface area contributed by atoms with Gasteiger partial charge in [-0.2, -0.15) is 0 Å². The maximum atomic E-state index is 11.1. The molecule has 0 aliphatic heterocycles. The van der Waals surface area contributed by atoms with E-state index in [-0.39, 0.29) is 5.69 Å². The Kier molecular flexibility index (Phi) is 1.94. The predicted molar refractivity (Wildman–Crippen MR) is 40.4 cm³/mol. The largest absolute Gasteiger partial charge is 0.327 e. The fourth-order valence-corrected chi connectivity index (χ4v) is 1.000. The summed E-state index contributed by atoms with van der Waals surface area (Å²) in [4.78, 5) is 21.2. The molecule has 0 spiro atoms. The summed E-state index contributed by atoms with van der Waals surface area (Å²) in [5.41, 5.74) is 0.648. The third-order valence-corrected chi connectivity index (χ3v) is 1.65. The minimum atomic E-state index is -0.0955. The van der Waals surface area contributed by atoms with Crippen LogP contribution in [0.3, 0.4) is 0 Å². The standard InChI is InChI=1S/C7H10N2O2/c1-8-5-6(3-4-10)9(2)7(8)11/h4-5H,3H2,1-2H3. The molecule has 4 heteroatoms. The Morgan fingerprint density at radius 3 is 2.55 bits per heavy atom. The van der Waals surface area contributed by atoms with Crippen LogP contribution in [0.1, 0.15) is 5.69 Å². The molecular formula is C7H10N2O2. The van der Waals surface area contributed by atoms with Gasteiger partial charge < -0.3 is 9.36 Å². The number of carbonyl (C=O) groups excluding carboxylic acids is 1. The lowest BCUT2D eigenvalue weighted by Crippen LogP contribution is -2.20. The predicted octanol–water partition coefficient (Wildman–Crippen LogP) is -0.535. The molecule has 0 fully saturated rings. The molecule has 0 unspecified atom stereocenters. The molecule has 0 saturated carbocycles. The summed E-state index contributed by atoms with van der Waals surface area (Å²) in [5, 5.41) is 0. The number of aldehydes is 1. The summed E-state index contributed by atoms with van der Waals surface area (Å²) in [6, 6.07) is 0. The maximum absolute atomic E-state index is 11.1. The number of hydrogen-bond donors (Lipinski definition) is 0. The molecule has 0 radical (unpaired) electrons. The molecule has 0 N–H and O–H groups in total. The highest BCUT2D eigenvalue weighted by Gasteiger charge is 2.02. The van der Waals surface area contributed by atoms with Crippen molar-refractivity contribution in [1.29, 1.82) is 0 Å². The van der Waals surface area contributed by atoms with Crippen molar-refractivity contribution >= 4 is 6.29 Å². The first kappa shape index (κ1) is 7.78. The van der Waals surface area contributed by atoms with E-state index in [9.17, 15) is 9.59 Å². The third-order valence-electron chi connectivity index (χ3n) is 1.65. The van der Waals surface area contributed by atoms with E-state index < -0.39 is 0 Å². The van der Waals surface area contributed by atoms with Crippen LogP contribution >= 0.6 is 0 Å². The topological polar surface area (TPSA) is 44.0 Å². The first-order valence-corrected chi connectivity index (χ1v) is 3.31. The molecule has 0 amide bonds. The Hall–Kier alpha value is -1.32. The first-order valence-electron chi connectivity index (χ1n) is 3.31. The number of aromatic nitrogens is 2. The van der Waals surface area contributed by atoms with E-state index in [1.54, 1.807) is 20.3 Å². The minimum absolute atomic E-state index is 0.0955. The average molecular weight is 154 g/mol. The molecule has 1 aromatic rings. The number of nitrogens with zero attached hydrogens (tertiary/aromatic N) is 2. The number of imidazole rings is 1. The van der Waals surface area contributed by atoms with E-state index in [4.69, 9.17) is 0 Å². The van der Waals surface area contributed by atoms with Gasteiger partial charge in [0.15, 0.2) is 0 Å². The molecule has 1 aromatic heterocycles. The van der Waals surface area contributed by atoms with Gasteiger partial charge in [-0.05, 0) is 0 Å². The molecular weight excluding hydrogens is 144 g/mol. The van der Waals surface area contributed by atoms with Crippen LogP contribution in [0.4, 0.5) is 0 Å². The molecule has 60 valence electrons. The van der Waals surface area contributed by atoms with Gasteiger partial charge in [0.25, 0.3) is 0 Å². The summed E-state index contributed by atoms with van der Waals surface area (Å²) >= 11 is 0. The molecule has 0 atom stereocenters. The van der Waals surface area contributed by atoms with Gasteiger partial charge in [0.1, 0.15) is 6.29 Å². The monoisotopic (exact) mass is 154 g/mol. The summed E-state index contributed by atoms with van der Waals surface area (Å²) < 4.78 is 2.92. The molecule has 1 heterocycles. The number of hydrogen-bond acceptors (Lipinski definition) is 2. The smallest absolute Gasteiger partial charge is 0.303 e. The second-order valence-electron chi connectivity index (χ2n) is 2.44. The minimum Gasteiger partial charge on any atom is -0.303 e.